The molecular weight excluding hydrogens is 506 g/mol. The van der Waals surface area contributed by atoms with Crippen molar-refractivity contribution < 1.29 is 13.6 Å². The van der Waals surface area contributed by atoms with Gasteiger partial charge in [0, 0.05) is 37.1 Å². The van der Waals surface area contributed by atoms with E-state index >= 15 is 0 Å². The molecule has 1 heterocycles. The number of nitrogens with zero attached hydrogens (tertiary/aromatic N) is 1. The Bertz CT molecular complexity index is 768. The molecule has 0 aliphatic carbocycles. The van der Waals surface area contributed by atoms with Crippen molar-refractivity contribution in [3.05, 3.63) is 53.7 Å². The van der Waals surface area contributed by atoms with Crippen LogP contribution >= 0.6 is 35.7 Å². The molecule has 9 heteroatoms. The SMILES string of the molecule is CN=C(NCCCNC(=O)c1occc1C)NCCCSc1ccc(F)cc1.I. The summed E-state index contributed by atoms with van der Waals surface area (Å²) in [5, 5.41) is 9.31. The molecule has 1 amide bonds. The molecule has 0 fully saturated rings. The molecule has 0 unspecified atom stereocenters. The topological polar surface area (TPSA) is 78.7 Å². The van der Waals surface area contributed by atoms with Gasteiger partial charge in [-0.25, -0.2) is 4.39 Å². The van der Waals surface area contributed by atoms with E-state index in [-0.39, 0.29) is 35.7 Å². The van der Waals surface area contributed by atoms with Gasteiger partial charge in [-0.3, -0.25) is 9.79 Å². The molecule has 160 valence electrons. The first-order chi connectivity index (χ1) is 13.6. The fraction of sp³-hybridized carbons (Fsp3) is 0.400. The van der Waals surface area contributed by atoms with Crippen molar-refractivity contribution >= 4 is 47.6 Å². The second-order valence-electron chi connectivity index (χ2n) is 6.12. The number of carbonyl (C=O) groups excluding carboxylic acids is 1. The molecule has 0 radical (unpaired) electrons. The number of benzene rings is 1. The van der Waals surface area contributed by atoms with Crippen LogP contribution in [0.3, 0.4) is 0 Å². The minimum absolute atomic E-state index is 0. The number of guanidine groups is 1. The van der Waals surface area contributed by atoms with E-state index in [4.69, 9.17) is 4.42 Å². The maximum absolute atomic E-state index is 12.9. The smallest absolute Gasteiger partial charge is 0.287 e. The van der Waals surface area contributed by atoms with E-state index in [2.05, 4.69) is 20.9 Å². The number of carbonyl (C=O) groups is 1. The highest BCUT2D eigenvalue weighted by Crippen LogP contribution is 2.18. The quantitative estimate of drug-likeness (QED) is 0.142. The lowest BCUT2D eigenvalue weighted by Crippen LogP contribution is -2.39. The Morgan fingerprint density at radius 2 is 1.72 bits per heavy atom. The Morgan fingerprint density at radius 1 is 1.07 bits per heavy atom. The summed E-state index contributed by atoms with van der Waals surface area (Å²) in [5.41, 5.74) is 0.831. The van der Waals surface area contributed by atoms with E-state index < -0.39 is 0 Å². The van der Waals surface area contributed by atoms with Crippen molar-refractivity contribution in [1.82, 2.24) is 16.0 Å². The number of furan rings is 1. The van der Waals surface area contributed by atoms with Crippen molar-refractivity contribution in [2.45, 2.75) is 24.7 Å². The maximum atomic E-state index is 12.9. The summed E-state index contributed by atoms with van der Waals surface area (Å²) in [6.07, 6.45) is 3.24. The van der Waals surface area contributed by atoms with Crippen LogP contribution in [-0.2, 0) is 0 Å². The molecule has 3 N–H and O–H groups in total. The first-order valence-electron chi connectivity index (χ1n) is 9.25. The number of halogens is 2. The predicted molar refractivity (Wildman–Crippen MR) is 127 cm³/mol. The fourth-order valence-corrected chi connectivity index (χ4v) is 3.26. The zero-order valence-electron chi connectivity index (χ0n) is 16.7. The molecule has 0 aliphatic rings. The van der Waals surface area contributed by atoms with Gasteiger partial charge in [-0.05, 0) is 55.9 Å². The van der Waals surface area contributed by atoms with Gasteiger partial charge in [0.2, 0.25) is 0 Å². The standard InChI is InChI=1S/C20H27FN4O2S.HI/c1-15-9-13-27-18(15)19(26)23-10-3-11-24-20(22-2)25-12-4-14-28-17-7-5-16(21)6-8-17;/h5-9,13H,3-4,10-12,14H2,1-2H3,(H,23,26)(H2,22,24,25);1H. The van der Waals surface area contributed by atoms with Crippen molar-refractivity contribution in [2.75, 3.05) is 32.4 Å². The third-order valence-electron chi connectivity index (χ3n) is 3.92. The van der Waals surface area contributed by atoms with Gasteiger partial charge in [0.15, 0.2) is 11.7 Å². The van der Waals surface area contributed by atoms with Gasteiger partial charge in [0.1, 0.15) is 5.82 Å². The van der Waals surface area contributed by atoms with Crippen molar-refractivity contribution in [3.63, 3.8) is 0 Å². The highest BCUT2D eigenvalue weighted by Gasteiger charge is 2.11. The van der Waals surface area contributed by atoms with E-state index in [0.29, 0.717) is 18.8 Å². The molecule has 2 aromatic rings. The number of rotatable bonds is 10. The molecule has 0 saturated heterocycles. The number of hydrogen-bond donors (Lipinski definition) is 3. The molecule has 0 atom stereocenters. The number of aliphatic imine (C=N–C) groups is 1. The van der Waals surface area contributed by atoms with Crippen LogP contribution in [0, 0.1) is 12.7 Å². The number of hydrogen-bond acceptors (Lipinski definition) is 4. The molecular formula is C20H28FIN4O2S. The Kier molecular flexibility index (Phi) is 12.4. The summed E-state index contributed by atoms with van der Waals surface area (Å²) in [4.78, 5) is 17.2. The summed E-state index contributed by atoms with van der Waals surface area (Å²) in [6, 6.07) is 8.30. The summed E-state index contributed by atoms with van der Waals surface area (Å²) in [5.74, 6) is 1.64. The largest absolute Gasteiger partial charge is 0.459 e. The van der Waals surface area contributed by atoms with Crippen LogP contribution in [0.1, 0.15) is 29.0 Å². The third-order valence-corrected chi connectivity index (χ3v) is 5.02. The average Bonchev–Trinajstić information content (AvgIpc) is 3.13. The summed E-state index contributed by atoms with van der Waals surface area (Å²) in [6.45, 7) is 3.88. The Morgan fingerprint density at radius 3 is 2.34 bits per heavy atom. The lowest BCUT2D eigenvalue weighted by molar-refractivity contribution is 0.0925. The van der Waals surface area contributed by atoms with E-state index in [1.165, 1.54) is 18.4 Å². The van der Waals surface area contributed by atoms with E-state index in [9.17, 15) is 9.18 Å². The van der Waals surface area contributed by atoms with Gasteiger partial charge in [-0.2, -0.15) is 0 Å². The van der Waals surface area contributed by atoms with Crippen LogP contribution in [0.2, 0.25) is 0 Å². The highest BCUT2D eigenvalue weighted by molar-refractivity contribution is 14.0. The molecule has 0 aliphatic heterocycles. The molecule has 1 aromatic carbocycles. The van der Waals surface area contributed by atoms with Gasteiger partial charge in [-0.1, -0.05) is 0 Å². The molecule has 1 aromatic heterocycles. The van der Waals surface area contributed by atoms with Gasteiger partial charge in [0.25, 0.3) is 5.91 Å². The fourth-order valence-electron chi connectivity index (χ4n) is 2.40. The number of amides is 1. The average molecular weight is 534 g/mol. The van der Waals surface area contributed by atoms with Gasteiger partial charge in [0.05, 0.1) is 6.26 Å². The van der Waals surface area contributed by atoms with Crippen molar-refractivity contribution in [3.8, 4) is 0 Å². The Labute approximate surface area is 192 Å². The lowest BCUT2D eigenvalue weighted by Gasteiger charge is -2.12. The van der Waals surface area contributed by atoms with Gasteiger partial charge >= 0.3 is 0 Å². The minimum Gasteiger partial charge on any atom is -0.459 e. The zero-order chi connectivity index (χ0) is 20.2. The predicted octanol–water partition coefficient (Wildman–Crippen LogP) is 3.81. The van der Waals surface area contributed by atoms with Crippen LogP contribution in [0.25, 0.3) is 0 Å². The normalized spacial score (nSPS) is 10.9. The second kappa shape index (κ2) is 14.3. The first kappa shape index (κ1) is 25.3. The van der Waals surface area contributed by atoms with E-state index in [1.54, 1.807) is 37.0 Å². The Hall–Kier alpha value is -1.75. The second-order valence-corrected chi connectivity index (χ2v) is 7.29. The lowest BCUT2D eigenvalue weighted by atomic mass is 10.2. The maximum Gasteiger partial charge on any atom is 0.287 e. The summed E-state index contributed by atoms with van der Waals surface area (Å²) < 4.78 is 18.0. The monoisotopic (exact) mass is 534 g/mol. The molecule has 0 spiro atoms. The molecule has 0 bridgehead atoms. The van der Waals surface area contributed by atoms with Crippen LogP contribution in [0.15, 0.2) is 50.9 Å². The minimum atomic E-state index is -0.212. The van der Waals surface area contributed by atoms with Gasteiger partial charge < -0.3 is 20.4 Å². The van der Waals surface area contributed by atoms with Crippen molar-refractivity contribution in [2.24, 2.45) is 4.99 Å². The molecule has 2 rings (SSSR count). The van der Waals surface area contributed by atoms with Crippen LogP contribution in [-0.4, -0.2) is 44.3 Å². The molecule has 6 nitrogen and oxygen atoms in total. The van der Waals surface area contributed by atoms with E-state index in [0.717, 1.165) is 41.6 Å². The molecule has 0 saturated carbocycles. The number of nitrogens with one attached hydrogen (secondary N) is 3. The number of thioether (sulfide) groups is 1. The van der Waals surface area contributed by atoms with Crippen LogP contribution < -0.4 is 16.0 Å². The van der Waals surface area contributed by atoms with E-state index in [1.807, 2.05) is 6.92 Å². The summed E-state index contributed by atoms with van der Waals surface area (Å²) >= 11 is 1.70. The first-order valence-corrected chi connectivity index (χ1v) is 10.2. The third kappa shape index (κ3) is 9.53. The number of aryl methyl sites for hydroxylation is 1. The zero-order valence-corrected chi connectivity index (χ0v) is 19.8. The van der Waals surface area contributed by atoms with Crippen LogP contribution in [0.5, 0.6) is 0 Å². The molecule has 29 heavy (non-hydrogen) atoms. The van der Waals surface area contributed by atoms with Crippen molar-refractivity contribution in [1.29, 1.82) is 0 Å². The summed E-state index contributed by atoms with van der Waals surface area (Å²) in [7, 11) is 1.73. The highest BCUT2D eigenvalue weighted by atomic mass is 127. The Balaban J connectivity index is 0.00000420. The van der Waals surface area contributed by atoms with Gasteiger partial charge in [-0.15, -0.1) is 35.7 Å². The van der Waals surface area contributed by atoms with Crippen LogP contribution in [0.4, 0.5) is 4.39 Å².